The largest absolute Gasteiger partial charge is 0.490 e. The number of pyridine rings is 1. The molecule has 1 amide bonds. The highest BCUT2D eigenvalue weighted by Crippen LogP contribution is 2.32. The number of primary sulfonamides is 1. The number of alkyl halides is 3. The summed E-state index contributed by atoms with van der Waals surface area (Å²) in [4.78, 5) is 24.3. The van der Waals surface area contributed by atoms with Gasteiger partial charge in [0, 0.05) is 30.6 Å². The second-order valence-corrected chi connectivity index (χ2v) is 8.11. The zero-order chi connectivity index (χ0) is 24.8. The second kappa shape index (κ2) is 10.2. The molecule has 1 heterocycles. The summed E-state index contributed by atoms with van der Waals surface area (Å²) in [6.45, 7) is 1.46. The minimum Gasteiger partial charge on any atom is -0.475 e. The molecule has 3 rings (SSSR count). The highest BCUT2D eigenvalue weighted by molar-refractivity contribution is 7.89. The van der Waals surface area contributed by atoms with Gasteiger partial charge in [-0.1, -0.05) is 24.3 Å². The summed E-state index contributed by atoms with van der Waals surface area (Å²) in [5.41, 5.74) is 4.30. The maximum atomic E-state index is 11.4. The van der Waals surface area contributed by atoms with Crippen LogP contribution in [0.1, 0.15) is 6.92 Å². The van der Waals surface area contributed by atoms with Crippen molar-refractivity contribution in [3.63, 3.8) is 0 Å². The van der Waals surface area contributed by atoms with Crippen LogP contribution in [0.2, 0.25) is 0 Å². The minimum absolute atomic E-state index is 0.0614. The van der Waals surface area contributed by atoms with Crippen molar-refractivity contribution in [1.82, 2.24) is 4.98 Å². The Morgan fingerprint density at radius 2 is 1.42 bits per heavy atom. The van der Waals surface area contributed by atoms with E-state index in [2.05, 4.69) is 10.3 Å². The van der Waals surface area contributed by atoms with E-state index in [4.69, 9.17) is 15.0 Å². The molecule has 4 N–H and O–H groups in total. The Balaban J connectivity index is 0.000000479. The number of nitrogens with one attached hydrogen (secondary N) is 1. The molecular formula is C21H18F3N3O5S. The summed E-state index contributed by atoms with van der Waals surface area (Å²) in [7, 11) is -3.73. The Morgan fingerprint density at radius 1 is 0.939 bits per heavy atom. The maximum absolute atomic E-state index is 11.4. The summed E-state index contributed by atoms with van der Waals surface area (Å²) in [5.74, 6) is -2.88. The number of aromatic nitrogens is 1. The van der Waals surface area contributed by atoms with Crippen molar-refractivity contribution in [3.05, 3.63) is 67.0 Å². The molecule has 174 valence electrons. The molecule has 0 radical (unpaired) electrons. The van der Waals surface area contributed by atoms with Crippen LogP contribution in [0.4, 0.5) is 18.9 Å². The Labute approximate surface area is 186 Å². The van der Waals surface area contributed by atoms with Gasteiger partial charge in [0.1, 0.15) is 0 Å². The second-order valence-electron chi connectivity index (χ2n) is 6.55. The van der Waals surface area contributed by atoms with Crippen LogP contribution >= 0.6 is 0 Å². The van der Waals surface area contributed by atoms with Crippen LogP contribution in [0.5, 0.6) is 0 Å². The van der Waals surface area contributed by atoms with E-state index in [-0.39, 0.29) is 10.8 Å². The van der Waals surface area contributed by atoms with E-state index < -0.39 is 22.2 Å². The lowest BCUT2D eigenvalue weighted by atomic mass is 9.96. The molecule has 0 aliphatic carbocycles. The summed E-state index contributed by atoms with van der Waals surface area (Å²) in [5, 5.41) is 15.0. The fourth-order valence-corrected chi connectivity index (χ4v) is 3.15. The molecule has 0 atom stereocenters. The van der Waals surface area contributed by atoms with Gasteiger partial charge in [0.15, 0.2) is 0 Å². The third-order valence-electron chi connectivity index (χ3n) is 4.07. The highest BCUT2D eigenvalue weighted by atomic mass is 32.2. The Kier molecular flexibility index (Phi) is 7.90. The van der Waals surface area contributed by atoms with Gasteiger partial charge in [-0.3, -0.25) is 9.78 Å². The smallest absolute Gasteiger partial charge is 0.475 e. The number of amides is 1. The van der Waals surface area contributed by atoms with Gasteiger partial charge < -0.3 is 10.4 Å². The molecule has 0 saturated heterocycles. The molecule has 0 bridgehead atoms. The van der Waals surface area contributed by atoms with Crippen molar-refractivity contribution in [2.24, 2.45) is 5.14 Å². The molecule has 3 aromatic rings. The number of aliphatic carboxylic acids is 1. The van der Waals surface area contributed by atoms with Gasteiger partial charge in [-0.15, -0.1) is 0 Å². The van der Waals surface area contributed by atoms with Crippen LogP contribution in [0.3, 0.4) is 0 Å². The predicted molar refractivity (Wildman–Crippen MR) is 114 cm³/mol. The average molecular weight is 481 g/mol. The van der Waals surface area contributed by atoms with Gasteiger partial charge in [-0.05, 0) is 47.0 Å². The Morgan fingerprint density at radius 3 is 1.88 bits per heavy atom. The maximum Gasteiger partial charge on any atom is 0.490 e. The summed E-state index contributed by atoms with van der Waals surface area (Å²) in [6.07, 6.45) is -1.66. The lowest BCUT2D eigenvalue weighted by molar-refractivity contribution is -0.192. The Bertz CT molecular complexity index is 1240. The van der Waals surface area contributed by atoms with Gasteiger partial charge >= 0.3 is 12.1 Å². The lowest BCUT2D eigenvalue weighted by Gasteiger charge is -2.11. The van der Waals surface area contributed by atoms with Crippen LogP contribution in [-0.2, 0) is 19.6 Å². The summed E-state index contributed by atoms with van der Waals surface area (Å²) < 4.78 is 54.6. The quantitative estimate of drug-likeness (QED) is 0.520. The molecule has 2 aromatic carbocycles. The standard InChI is InChI=1S/C19H17N3O3S.C2HF3O2/c1-13(23)22-16-6-2-14(3-7-16)18-10-11-21-12-19(18)15-4-8-17(9-5-15)26(20,24)25;3-2(4,5)1(6)7/h2-12H,1H3,(H,22,23)(H2,20,24,25);(H,6,7). The molecule has 12 heteroatoms. The SMILES string of the molecule is CC(=O)Nc1ccc(-c2ccncc2-c2ccc(S(N)(=O)=O)cc2)cc1.O=C(O)C(F)(F)F. The third kappa shape index (κ3) is 7.40. The first-order valence-electron chi connectivity index (χ1n) is 9.04. The molecule has 33 heavy (non-hydrogen) atoms. The minimum atomic E-state index is -5.08. The van der Waals surface area contributed by atoms with E-state index in [0.29, 0.717) is 0 Å². The number of sulfonamides is 1. The predicted octanol–water partition coefficient (Wildman–Crippen LogP) is 3.65. The fraction of sp³-hybridized carbons (Fsp3) is 0.0952. The number of rotatable bonds is 4. The zero-order valence-electron chi connectivity index (χ0n) is 17.0. The van der Waals surface area contributed by atoms with Crippen LogP contribution < -0.4 is 10.5 Å². The van der Waals surface area contributed by atoms with Crippen LogP contribution in [0.15, 0.2) is 71.9 Å². The molecule has 0 aliphatic heterocycles. The van der Waals surface area contributed by atoms with Crippen LogP contribution in [0, 0.1) is 0 Å². The number of carbonyl (C=O) groups excluding carboxylic acids is 1. The van der Waals surface area contributed by atoms with Crippen molar-refractivity contribution >= 4 is 27.6 Å². The number of anilines is 1. The number of carboxylic acids is 1. The number of nitrogens with two attached hydrogens (primary N) is 1. The average Bonchev–Trinajstić information content (AvgIpc) is 2.73. The summed E-state index contributed by atoms with van der Waals surface area (Å²) >= 11 is 0. The van der Waals surface area contributed by atoms with E-state index in [9.17, 15) is 26.4 Å². The van der Waals surface area contributed by atoms with Gasteiger partial charge in [0.2, 0.25) is 15.9 Å². The van der Waals surface area contributed by atoms with Crippen molar-refractivity contribution in [2.45, 2.75) is 18.0 Å². The van der Waals surface area contributed by atoms with Crippen molar-refractivity contribution in [3.8, 4) is 22.3 Å². The van der Waals surface area contributed by atoms with Gasteiger partial charge in [-0.2, -0.15) is 13.2 Å². The van der Waals surface area contributed by atoms with Crippen molar-refractivity contribution in [1.29, 1.82) is 0 Å². The molecular weight excluding hydrogens is 463 g/mol. The molecule has 8 nitrogen and oxygen atoms in total. The first kappa shape index (κ1) is 25.5. The number of carbonyl (C=O) groups is 2. The zero-order valence-corrected chi connectivity index (χ0v) is 17.8. The number of hydrogen-bond donors (Lipinski definition) is 3. The number of benzene rings is 2. The highest BCUT2D eigenvalue weighted by Gasteiger charge is 2.38. The number of halogens is 3. The van der Waals surface area contributed by atoms with Gasteiger partial charge in [-0.25, -0.2) is 18.4 Å². The lowest BCUT2D eigenvalue weighted by Crippen LogP contribution is -2.21. The molecule has 0 fully saturated rings. The molecule has 0 unspecified atom stereocenters. The Hall–Kier alpha value is -3.77. The topological polar surface area (TPSA) is 139 Å². The van der Waals surface area contributed by atoms with Crippen molar-refractivity contribution in [2.75, 3.05) is 5.32 Å². The third-order valence-corrected chi connectivity index (χ3v) is 5.00. The fourth-order valence-electron chi connectivity index (χ4n) is 2.64. The number of carboxylic acid groups (broad SMARTS) is 1. The van der Waals surface area contributed by atoms with E-state index in [1.165, 1.54) is 19.1 Å². The molecule has 1 aromatic heterocycles. The monoisotopic (exact) mass is 481 g/mol. The van der Waals surface area contributed by atoms with E-state index in [0.717, 1.165) is 27.9 Å². The first-order chi connectivity index (χ1) is 15.3. The molecule has 0 saturated carbocycles. The van der Waals surface area contributed by atoms with E-state index >= 15 is 0 Å². The van der Waals surface area contributed by atoms with E-state index in [1.54, 1.807) is 24.5 Å². The number of nitrogens with zero attached hydrogens (tertiary/aromatic N) is 1. The van der Waals surface area contributed by atoms with Gasteiger partial charge in [0.25, 0.3) is 0 Å². The van der Waals surface area contributed by atoms with Gasteiger partial charge in [0.05, 0.1) is 4.90 Å². The molecule has 0 spiro atoms. The molecule has 0 aliphatic rings. The van der Waals surface area contributed by atoms with Crippen molar-refractivity contribution < 1.29 is 36.3 Å². The van der Waals surface area contributed by atoms with Crippen LogP contribution in [0.25, 0.3) is 22.3 Å². The number of hydrogen-bond acceptors (Lipinski definition) is 5. The normalized spacial score (nSPS) is 11.2. The van der Waals surface area contributed by atoms with E-state index in [1.807, 2.05) is 30.3 Å². The summed E-state index contributed by atoms with van der Waals surface area (Å²) in [6, 6.07) is 15.7. The first-order valence-corrected chi connectivity index (χ1v) is 10.6. The van der Waals surface area contributed by atoms with Crippen LogP contribution in [-0.4, -0.2) is 36.6 Å².